The van der Waals surface area contributed by atoms with Gasteiger partial charge in [-0.2, -0.15) is 5.23 Å². The quantitative estimate of drug-likeness (QED) is 0.298. The van der Waals surface area contributed by atoms with Crippen molar-refractivity contribution in [3.05, 3.63) is 63.0 Å². The first-order valence-corrected chi connectivity index (χ1v) is 9.53. The van der Waals surface area contributed by atoms with Crippen LogP contribution in [0, 0.1) is 12.1 Å². The van der Waals surface area contributed by atoms with Crippen molar-refractivity contribution in [2.75, 3.05) is 20.3 Å². The fourth-order valence-corrected chi connectivity index (χ4v) is 3.27. The Labute approximate surface area is 175 Å². The van der Waals surface area contributed by atoms with Gasteiger partial charge in [0.1, 0.15) is 35.9 Å². The fourth-order valence-electron chi connectivity index (χ4n) is 2.83. The Morgan fingerprint density at radius 2 is 2.07 bits per heavy atom. The number of aryl methyl sites for hydroxylation is 1. The number of quaternary nitrogens is 1. The summed E-state index contributed by atoms with van der Waals surface area (Å²) in [6, 6.07) is 9.92. The van der Waals surface area contributed by atoms with E-state index in [1.807, 2.05) is 0 Å². The number of carbonyl (C=O) groups excluding carboxylic acids is 1. The summed E-state index contributed by atoms with van der Waals surface area (Å²) in [5, 5.41) is 19.8. The number of halogens is 1. The Balaban J connectivity index is 1.85. The molecule has 1 unspecified atom stereocenters. The molecule has 2 aromatic carbocycles. The second-order valence-electron chi connectivity index (χ2n) is 6.23. The summed E-state index contributed by atoms with van der Waals surface area (Å²) < 4.78 is 22.3. The van der Waals surface area contributed by atoms with Gasteiger partial charge in [-0.25, -0.2) is 10.0 Å². The van der Waals surface area contributed by atoms with Gasteiger partial charge in [0.25, 0.3) is 0 Å². The Hall–Kier alpha value is -2.43. The zero-order valence-corrected chi connectivity index (χ0v) is 17.4. The van der Waals surface area contributed by atoms with Crippen molar-refractivity contribution in [2.24, 2.45) is 0 Å². The molecule has 0 radical (unpaired) electrons. The second kappa shape index (κ2) is 9.38. The highest BCUT2D eigenvalue weighted by atomic mass is 79.9. The average molecular weight is 466 g/mol. The highest BCUT2D eigenvalue weighted by Gasteiger charge is 2.21. The van der Waals surface area contributed by atoms with E-state index < -0.39 is 11.2 Å². The summed E-state index contributed by atoms with van der Waals surface area (Å²) in [7, 11) is 1.53. The molecule has 1 heterocycles. The lowest BCUT2D eigenvalue weighted by Gasteiger charge is -2.13. The number of ether oxygens (including phenoxy) is 3. The number of carbonyl (C=O) groups is 1. The van der Waals surface area contributed by atoms with Gasteiger partial charge in [-0.15, -0.1) is 0 Å². The zero-order valence-electron chi connectivity index (χ0n) is 15.9. The maximum absolute atomic E-state index is 12.4. The molecule has 0 bridgehead atoms. The van der Waals surface area contributed by atoms with Gasteiger partial charge >= 0.3 is 5.97 Å². The maximum Gasteiger partial charge on any atom is 0.342 e. The van der Waals surface area contributed by atoms with Crippen LogP contribution in [0.2, 0.25) is 0 Å². The van der Waals surface area contributed by atoms with E-state index in [0.29, 0.717) is 44.7 Å². The minimum atomic E-state index is -1.00. The molecule has 0 amide bonds. The van der Waals surface area contributed by atoms with Gasteiger partial charge < -0.3 is 23.8 Å². The molecule has 0 saturated heterocycles. The van der Waals surface area contributed by atoms with E-state index in [9.17, 15) is 10.0 Å². The molecular formula is C20H20BrNO7. The molecule has 0 aliphatic rings. The van der Waals surface area contributed by atoms with Crippen LogP contribution >= 0.6 is 15.9 Å². The SMILES string of the molecule is COCCOC(=O)c1c(C)oc2cc(Br)c(OCc3cccc([NH+]([O-])O)c3)cc12. The van der Waals surface area contributed by atoms with Crippen molar-refractivity contribution in [3.63, 3.8) is 0 Å². The lowest BCUT2D eigenvalue weighted by atomic mass is 10.1. The molecule has 9 heteroatoms. The smallest absolute Gasteiger partial charge is 0.342 e. The first kappa shape index (κ1) is 21.3. The Kier molecular flexibility index (Phi) is 6.88. The van der Waals surface area contributed by atoms with E-state index in [1.165, 1.54) is 13.2 Å². The summed E-state index contributed by atoms with van der Waals surface area (Å²) >= 11 is 3.44. The Bertz CT molecular complexity index is 1020. The minimum Gasteiger partial charge on any atom is -0.595 e. The van der Waals surface area contributed by atoms with Crippen molar-refractivity contribution < 1.29 is 33.9 Å². The predicted octanol–water partition coefficient (Wildman–Crippen LogP) is 3.29. The minimum absolute atomic E-state index is 0.140. The van der Waals surface area contributed by atoms with Crippen molar-refractivity contribution in [3.8, 4) is 5.75 Å². The number of nitrogens with one attached hydrogen (secondary N) is 1. The maximum atomic E-state index is 12.4. The van der Waals surface area contributed by atoms with Gasteiger partial charge in [0.05, 0.1) is 11.1 Å². The lowest BCUT2D eigenvalue weighted by molar-refractivity contribution is -0.991. The summed E-state index contributed by atoms with van der Waals surface area (Å²) in [6.07, 6.45) is 0. The number of fused-ring (bicyclic) bond motifs is 1. The summed E-state index contributed by atoms with van der Waals surface area (Å²) in [4.78, 5) is 12.4. The van der Waals surface area contributed by atoms with Gasteiger partial charge in [-0.1, -0.05) is 12.1 Å². The number of methoxy groups -OCH3 is 1. The molecule has 0 saturated carbocycles. The molecule has 0 aliphatic carbocycles. The predicted molar refractivity (Wildman–Crippen MR) is 107 cm³/mol. The molecule has 3 rings (SSSR count). The van der Waals surface area contributed by atoms with Crippen LogP contribution in [-0.2, 0) is 16.1 Å². The van der Waals surface area contributed by atoms with Crippen LogP contribution in [0.3, 0.4) is 0 Å². The molecular weight excluding hydrogens is 446 g/mol. The van der Waals surface area contributed by atoms with E-state index in [4.69, 9.17) is 23.8 Å². The summed E-state index contributed by atoms with van der Waals surface area (Å²) in [6.45, 7) is 2.30. The normalized spacial score (nSPS) is 12.2. The number of hydrogen-bond donors (Lipinski definition) is 2. The average Bonchev–Trinajstić information content (AvgIpc) is 3.01. The van der Waals surface area contributed by atoms with E-state index in [0.717, 1.165) is 0 Å². The van der Waals surface area contributed by atoms with Crippen LogP contribution in [0.4, 0.5) is 5.69 Å². The highest BCUT2D eigenvalue weighted by molar-refractivity contribution is 9.10. The molecule has 0 fully saturated rings. The number of benzene rings is 2. The van der Waals surface area contributed by atoms with Crippen LogP contribution in [0.25, 0.3) is 11.0 Å². The van der Waals surface area contributed by atoms with E-state index in [-0.39, 0.29) is 18.9 Å². The van der Waals surface area contributed by atoms with Crippen molar-refractivity contribution >= 4 is 38.6 Å². The number of furan rings is 1. The molecule has 1 atom stereocenters. The molecule has 1 aromatic heterocycles. The second-order valence-corrected chi connectivity index (χ2v) is 7.09. The molecule has 8 nitrogen and oxygen atoms in total. The third-order valence-electron chi connectivity index (χ3n) is 4.21. The lowest BCUT2D eigenvalue weighted by Crippen LogP contribution is -2.99. The van der Waals surface area contributed by atoms with Crippen LogP contribution in [0.5, 0.6) is 5.75 Å². The molecule has 2 N–H and O–H groups in total. The number of hydrogen-bond acceptors (Lipinski definition) is 7. The topological polar surface area (TPSA) is 106 Å². The van der Waals surface area contributed by atoms with Crippen LogP contribution < -0.4 is 9.96 Å². The number of esters is 1. The Morgan fingerprint density at radius 3 is 2.79 bits per heavy atom. The molecule has 0 aliphatic heterocycles. The molecule has 154 valence electrons. The molecule has 3 aromatic rings. The van der Waals surface area contributed by atoms with Crippen molar-refractivity contribution in [1.29, 1.82) is 0 Å². The summed E-state index contributed by atoms with van der Waals surface area (Å²) in [5.41, 5.74) is 1.75. The van der Waals surface area contributed by atoms with Crippen molar-refractivity contribution in [1.82, 2.24) is 0 Å². The van der Waals surface area contributed by atoms with Crippen LogP contribution in [0.1, 0.15) is 21.7 Å². The van der Waals surface area contributed by atoms with E-state index in [2.05, 4.69) is 15.9 Å². The Morgan fingerprint density at radius 1 is 1.28 bits per heavy atom. The zero-order chi connectivity index (χ0) is 21.0. The largest absolute Gasteiger partial charge is 0.595 e. The number of rotatable bonds is 8. The first-order chi connectivity index (χ1) is 13.9. The van der Waals surface area contributed by atoms with E-state index >= 15 is 0 Å². The first-order valence-electron chi connectivity index (χ1n) is 8.74. The van der Waals surface area contributed by atoms with Gasteiger partial charge in [0.2, 0.25) is 0 Å². The molecule has 29 heavy (non-hydrogen) atoms. The third-order valence-corrected chi connectivity index (χ3v) is 4.83. The highest BCUT2D eigenvalue weighted by Crippen LogP contribution is 2.35. The summed E-state index contributed by atoms with van der Waals surface area (Å²) in [5.74, 6) is 0.436. The van der Waals surface area contributed by atoms with Gasteiger partial charge in [-0.05, 0) is 40.5 Å². The standard InChI is InChI=1S/C20H20BrNO7/c1-12-19(20(23)27-7-6-26-2)15-9-18(16(21)10-17(15)29-12)28-11-13-4-3-5-14(8-13)22(24)25/h3-5,8-10,22,24H,6-7,11H2,1-2H3. The van der Waals surface area contributed by atoms with Gasteiger partial charge in [-0.3, -0.25) is 0 Å². The third kappa shape index (κ3) is 4.95. The monoisotopic (exact) mass is 465 g/mol. The van der Waals surface area contributed by atoms with Gasteiger partial charge in [0.15, 0.2) is 5.69 Å². The van der Waals surface area contributed by atoms with Gasteiger partial charge in [0, 0.05) is 24.6 Å². The van der Waals surface area contributed by atoms with Crippen molar-refractivity contribution in [2.45, 2.75) is 13.5 Å². The van der Waals surface area contributed by atoms with Crippen LogP contribution in [0.15, 0.2) is 45.3 Å². The molecule has 0 spiro atoms. The van der Waals surface area contributed by atoms with Crippen LogP contribution in [-0.4, -0.2) is 31.5 Å². The fraction of sp³-hybridized carbons (Fsp3) is 0.250. The van der Waals surface area contributed by atoms with E-state index in [1.54, 1.807) is 37.3 Å².